The Morgan fingerprint density at radius 3 is 2.71 bits per heavy atom. The number of nitrogens with zero attached hydrogens (tertiary/aromatic N) is 1. The summed E-state index contributed by atoms with van der Waals surface area (Å²) in [5.41, 5.74) is 0. The van der Waals surface area contributed by atoms with Crippen LogP contribution in [0.1, 0.15) is 32.1 Å². The van der Waals surface area contributed by atoms with Gasteiger partial charge < -0.3 is 14.9 Å². The van der Waals surface area contributed by atoms with Crippen molar-refractivity contribution in [1.82, 2.24) is 4.31 Å². The van der Waals surface area contributed by atoms with Gasteiger partial charge in [-0.25, -0.2) is 8.42 Å². The van der Waals surface area contributed by atoms with Crippen molar-refractivity contribution in [1.29, 1.82) is 0 Å². The number of aliphatic hydroxyl groups excluding tert-OH is 1. The van der Waals surface area contributed by atoms with E-state index in [1.807, 2.05) is 12.1 Å². The first-order valence-electron chi connectivity index (χ1n) is 9.07. The maximum Gasteiger partial charge on any atom is 0.303 e. The lowest BCUT2D eigenvalue weighted by Crippen LogP contribution is -2.32. The molecule has 2 N–H and O–H groups in total. The molecule has 0 radical (unpaired) electrons. The van der Waals surface area contributed by atoms with Crippen LogP contribution in [0.4, 0.5) is 0 Å². The number of rotatable bonds is 14. The molecule has 7 nitrogen and oxygen atoms in total. The van der Waals surface area contributed by atoms with Gasteiger partial charge in [0.15, 0.2) is 0 Å². The molecule has 0 aliphatic rings. The number of sulfonamides is 1. The van der Waals surface area contributed by atoms with E-state index in [9.17, 15) is 18.3 Å². The predicted octanol–water partition coefficient (Wildman–Crippen LogP) is 3.04. The van der Waals surface area contributed by atoms with Crippen LogP contribution < -0.4 is 4.74 Å². The molecule has 1 atom stereocenters. The Labute approximate surface area is 175 Å². The number of aliphatic hydroxyl groups is 1. The maximum absolute atomic E-state index is 11.9. The summed E-state index contributed by atoms with van der Waals surface area (Å²) < 4.78 is 31.5. The number of hydrogen-bond donors (Lipinski definition) is 2. The number of benzene rings is 1. The van der Waals surface area contributed by atoms with Gasteiger partial charge in [0.05, 0.1) is 12.4 Å². The molecule has 0 aliphatic carbocycles. The van der Waals surface area contributed by atoms with Gasteiger partial charge in [0.1, 0.15) is 12.4 Å². The molecule has 1 aromatic carbocycles. The van der Waals surface area contributed by atoms with Gasteiger partial charge in [-0.2, -0.15) is 4.31 Å². The molecule has 0 saturated carbocycles. The second-order valence-electron chi connectivity index (χ2n) is 6.44. The fourth-order valence-corrected chi connectivity index (χ4v) is 3.61. The molecule has 1 rings (SSSR count). The number of allylic oxidation sites excluding steroid dienone is 1. The maximum atomic E-state index is 11.9. The van der Waals surface area contributed by atoms with Crippen molar-refractivity contribution in [2.75, 3.05) is 26.0 Å². The summed E-state index contributed by atoms with van der Waals surface area (Å²) in [4.78, 5) is 10.4. The van der Waals surface area contributed by atoms with E-state index in [1.54, 1.807) is 24.3 Å². The number of carboxylic acid groups (broad SMARTS) is 1. The normalized spacial score (nSPS) is 13.1. The zero-order chi connectivity index (χ0) is 21.0. The first-order valence-corrected chi connectivity index (χ1v) is 11.7. The third-order valence-electron chi connectivity index (χ3n) is 3.89. The molecular weight excluding hydrogens is 450 g/mol. The lowest BCUT2D eigenvalue weighted by molar-refractivity contribution is -0.137. The van der Waals surface area contributed by atoms with Gasteiger partial charge in [0, 0.05) is 24.0 Å². The van der Waals surface area contributed by atoms with Crippen molar-refractivity contribution < 1.29 is 28.2 Å². The van der Waals surface area contributed by atoms with Crippen molar-refractivity contribution >= 4 is 31.9 Å². The molecule has 1 aromatic rings. The first kappa shape index (κ1) is 24.6. The topological polar surface area (TPSA) is 104 Å². The van der Waals surface area contributed by atoms with Crippen LogP contribution in [-0.2, 0) is 14.8 Å². The van der Waals surface area contributed by atoms with E-state index in [2.05, 4.69) is 15.9 Å². The molecule has 0 fully saturated rings. The molecule has 1 unspecified atom stereocenters. The molecule has 0 aromatic heterocycles. The van der Waals surface area contributed by atoms with Gasteiger partial charge in [0.25, 0.3) is 0 Å². The molecule has 0 aliphatic heterocycles. The Hall–Kier alpha value is -1.42. The largest absolute Gasteiger partial charge is 0.491 e. The van der Waals surface area contributed by atoms with E-state index in [1.165, 1.54) is 4.31 Å². The third-order valence-corrected chi connectivity index (χ3v) is 5.65. The summed E-state index contributed by atoms with van der Waals surface area (Å²) in [6, 6.07) is 7.32. The highest BCUT2D eigenvalue weighted by Crippen LogP contribution is 2.18. The minimum absolute atomic E-state index is 0.0972. The minimum atomic E-state index is -3.36. The standard InChI is InChI=1S/C19H28BrNO6S/c1-28(25,26)21(12-5-3-2-4-11-19(23)24)13-7-9-17(22)15-27-18-10-6-8-16(20)14-18/h3,5-6,8,10,14,17,22H,2,4,7,9,11-13,15H2,1H3,(H,23,24). The molecular formula is C19H28BrNO6S. The summed E-state index contributed by atoms with van der Waals surface area (Å²) in [5, 5.41) is 18.6. The van der Waals surface area contributed by atoms with Crippen molar-refractivity contribution in [3.63, 3.8) is 0 Å². The van der Waals surface area contributed by atoms with Crippen LogP contribution in [0.5, 0.6) is 5.75 Å². The number of carbonyl (C=O) groups is 1. The monoisotopic (exact) mass is 477 g/mol. The summed E-state index contributed by atoms with van der Waals surface area (Å²) >= 11 is 3.35. The van der Waals surface area contributed by atoms with Crippen molar-refractivity contribution in [2.24, 2.45) is 0 Å². The van der Waals surface area contributed by atoms with Gasteiger partial charge in [-0.1, -0.05) is 34.1 Å². The molecule has 9 heteroatoms. The zero-order valence-corrected chi connectivity index (χ0v) is 18.4. The van der Waals surface area contributed by atoms with Gasteiger partial charge in [-0.3, -0.25) is 4.79 Å². The summed E-state index contributed by atoms with van der Waals surface area (Å²) in [7, 11) is -3.36. The lowest BCUT2D eigenvalue weighted by Gasteiger charge is -2.19. The highest BCUT2D eigenvalue weighted by Gasteiger charge is 2.15. The van der Waals surface area contributed by atoms with E-state index >= 15 is 0 Å². The first-order chi connectivity index (χ1) is 13.2. The second-order valence-corrected chi connectivity index (χ2v) is 9.34. The van der Waals surface area contributed by atoms with Gasteiger partial charge in [-0.15, -0.1) is 0 Å². The third kappa shape index (κ3) is 11.4. The molecule has 28 heavy (non-hydrogen) atoms. The SMILES string of the molecule is CS(=O)(=O)N(CC=CCCCC(=O)O)CCCC(O)COc1cccc(Br)c1. The Morgan fingerprint density at radius 2 is 2.07 bits per heavy atom. The molecule has 0 spiro atoms. The lowest BCUT2D eigenvalue weighted by atomic mass is 10.2. The number of carboxylic acids is 1. The van der Waals surface area contributed by atoms with Gasteiger partial charge >= 0.3 is 5.97 Å². The van der Waals surface area contributed by atoms with Crippen LogP contribution in [0.3, 0.4) is 0 Å². The van der Waals surface area contributed by atoms with Crippen molar-refractivity contribution in [3.8, 4) is 5.75 Å². The number of ether oxygens (including phenoxy) is 1. The van der Waals surface area contributed by atoms with E-state index in [0.717, 1.165) is 10.7 Å². The minimum Gasteiger partial charge on any atom is -0.491 e. The van der Waals surface area contributed by atoms with Crippen LogP contribution in [0.2, 0.25) is 0 Å². The molecule has 0 amide bonds. The number of halogens is 1. The molecule has 0 heterocycles. The Balaban J connectivity index is 2.34. The Bertz CT molecular complexity index is 738. The fourth-order valence-electron chi connectivity index (χ4n) is 2.41. The van der Waals surface area contributed by atoms with Crippen LogP contribution in [0.25, 0.3) is 0 Å². The van der Waals surface area contributed by atoms with Crippen LogP contribution in [0.15, 0.2) is 40.9 Å². The second kappa shape index (κ2) is 12.9. The highest BCUT2D eigenvalue weighted by atomic mass is 79.9. The summed E-state index contributed by atoms with van der Waals surface area (Å²) in [6.07, 6.45) is 6.12. The van der Waals surface area contributed by atoms with Crippen LogP contribution in [0, 0.1) is 0 Å². The predicted molar refractivity (Wildman–Crippen MR) is 112 cm³/mol. The summed E-state index contributed by atoms with van der Waals surface area (Å²) in [6.45, 7) is 0.668. The molecule has 158 valence electrons. The van der Waals surface area contributed by atoms with Gasteiger partial charge in [-0.05, 0) is 43.9 Å². The van der Waals surface area contributed by atoms with E-state index < -0.39 is 22.1 Å². The highest BCUT2D eigenvalue weighted by molar-refractivity contribution is 9.10. The number of aliphatic carboxylic acids is 1. The Kier molecular flexibility index (Phi) is 11.4. The zero-order valence-electron chi connectivity index (χ0n) is 16.0. The Morgan fingerprint density at radius 1 is 1.32 bits per heavy atom. The smallest absolute Gasteiger partial charge is 0.303 e. The van der Waals surface area contributed by atoms with Crippen LogP contribution in [-0.4, -0.2) is 61.0 Å². The van der Waals surface area contributed by atoms with Gasteiger partial charge in [0.2, 0.25) is 10.0 Å². The van der Waals surface area contributed by atoms with E-state index in [-0.39, 0.29) is 19.6 Å². The number of hydrogen-bond acceptors (Lipinski definition) is 5. The molecule has 0 saturated heterocycles. The van der Waals surface area contributed by atoms with Crippen molar-refractivity contribution in [3.05, 3.63) is 40.9 Å². The van der Waals surface area contributed by atoms with Crippen molar-refractivity contribution in [2.45, 2.75) is 38.2 Å². The quantitative estimate of drug-likeness (QED) is 0.315. The molecule has 0 bridgehead atoms. The summed E-state index contributed by atoms with van der Waals surface area (Å²) in [5.74, 6) is -0.187. The van der Waals surface area contributed by atoms with E-state index in [0.29, 0.717) is 38.0 Å². The van der Waals surface area contributed by atoms with E-state index in [4.69, 9.17) is 9.84 Å². The fraction of sp³-hybridized carbons (Fsp3) is 0.526. The average molecular weight is 478 g/mol. The van der Waals surface area contributed by atoms with Crippen LogP contribution >= 0.6 is 15.9 Å². The number of unbranched alkanes of at least 4 members (excludes halogenated alkanes) is 1. The average Bonchev–Trinajstić information content (AvgIpc) is 2.60.